The van der Waals surface area contributed by atoms with E-state index in [1.165, 1.54) is 0 Å². The summed E-state index contributed by atoms with van der Waals surface area (Å²) in [6.07, 6.45) is 4.61. The molecule has 0 fully saturated rings. The number of Topliss-reactive ketones (excluding diaryl/α,β-unsaturated/α-hetero) is 1. The molecular formula is C19H25IO4. The van der Waals surface area contributed by atoms with Gasteiger partial charge in [0, 0.05) is 5.56 Å². The van der Waals surface area contributed by atoms with Crippen LogP contribution >= 0.6 is 23.0 Å². The van der Waals surface area contributed by atoms with Crippen molar-refractivity contribution in [3.8, 4) is 5.75 Å². The summed E-state index contributed by atoms with van der Waals surface area (Å²) in [5, 5.41) is 0. The Kier molecular flexibility index (Phi) is 7.07. The van der Waals surface area contributed by atoms with Gasteiger partial charge in [-0.2, -0.15) is 0 Å². The first-order valence-corrected chi connectivity index (χ1v) is 9.45. The first-order valence-electron chi connectivity index (χ1n) is 8.57. The maximum Gasteiger partial charge on any atom is 0.309 e. The number of hydrogen-bond acceptors (Lipinski definition) is 4. The van der Waals surface area contributed by atoms with Crippen molar-refractivity contribution < 1.29 is 17.4 Å². The third kappa shape index (κ3) is 4.71. The minimum atomic E-state index is -0.284. The molecule has 0 spiro atoms. The van der Waals surface area contributed by atoms with Gasteiger partial charge in [0.05, 0.1) is 5.92 Å². The van der Waals surface area contributed by atoms with Crippen molar-refractivity contribution in [1.29, 1.82) is 0 Å². The fourth-order valence-electron chi connectivity index (χ4n) is 3.06. The Morgan fingerprint density at radius 1 is 1.12 bits per heavy atom. The van der Waals surface area contributed by atoms with Gasteiger partial charge in [-0.3, -0.25) is 9.59 Å². The molecule has 4 nitrogen and oxygen atoms in total. The van der Waals surface area contributed by atoms with E-state index in [1.807, 2.05) is 36.0 Å². The number of carbonyl (C=O) groups excluding carboxylic acids is 2. The molecule has 0 saturated carbocycles. The number of ketones is 1. The Bertz CT molecular complexity index is 610. The normalized spacial score (nSPS) is 14.4. The molecule has 24 heavy (non-hydrogen) atoms. The van der Waals surface area contributed by atoms with Gasteiger partial charge in [0.25, 0.3) is 0 Å². The second-order valence-corrected chi connectivity index (χ2v) is 7.34. The van der Waals surface area contributed by atoms with Gasteiger partial charge in [-0.05, 0) is 54.9 Å². The molecule has 0 aliphatic heterocycles. The summed E-state index contributed by atoms with van der Waals surface area (Å²) in [5.74, 6) is 0.813. The average molecular weight is 444 g/mol. The van der Waals surface area contributed by atoms with Gasteiger partial charge in [0.1, 0.15) is 5.75 Å². The lowest BCUT2D eigenvalue weighted by Gasteiger charge is -2.14. The van der Waals surface area contributed by atoms with Crippen LogP contribution in [0.4, 0.5) is 0 Å². The van der Waals surface area contributed by atoms with E-state index in [1.54, 1.807) is 6.07 Å². The summed E-state index contributed by atoms with van der Waals surface area (Å²) in [6, 6.07) is 3.62. The van der Waals surface area contributed by atoms with Crippen LogP contribution in [0.25, 0.3) is 0 Å². The number of halogens is 1. The van der Waals surface area contributed by atoms with Crippen LogP contribution in [0.1, 0.15) is 61.5 Å². The maximum atomic E-state index is 12.5. The molecule has 1 unspecified atom stereocenters. The highest BCUT2D eigenvalue weighted by Crippen LogP contribution is 2.34. The second kappa shape index (κ2) is 8.83. The number of rotatable bonds is 8. The van der Waals surface area contributed by atoms with Crippen molar-refractivity contribution in [3.05, 3.63) is 28.8 Å². The lowest BCUT2D eigenvalue weighted by Crippen LogP contribution is -2.20. The van der Waals surface area contributed by atoms with Crippen LogP contribution in [0.5, 0.6) is 5.75 Å². The van der Waals surface area contributed by atoms with Crippen molar-refractivity contribution in [3.63, 3.8) is 0 Å². The third-order valence-corrected chi connectivity index (χ3v) is 5.02. The van der Waals surface area contributed by atoms with Gasteiger partial charge < -0.3 is 7.80 Å². The summed E-state index contributed by atoms with van der Waals surface area (Å²) in [6.45, 7) is 5.94. The number of hydrogen-bond donors (Lipinski definition) is 0. The molecule has 1 aromatic carbocycles. The van der Waals surface area contributed by atoms with E-state index in [9.17, 15) is 9.59 Å². The predicted molar refractivity (Wildman–Crippen MR) is 102 cm³/mol. The van der Waals surface area contributed by atoms with Crippen LogP contribution in [0.15, 0.2) is 12.1 Å². The molecule has 1 aliphatic rings. The number of esters is 1. The van der Waals surface area contributed by atoms with Gasteiger partial charge in [-0.1, -0.05) is 27.2 Å². The monoisotopic (exact) mass is 444 g/mol. The molecule has 5 heteroatoms. The summed E-state index contributed by atoms with van der Waals surface area (Å²) in [5.41, 5.74) is 2.84. The molecule has 1 aromatic rings. The molecule has 0 saturated heterocycles. The highest BCUT2D eigenvalue weighted by atomic mass is 127. The zero-order chi connectivity index (χ0) is 17.7. The minimum absolute atomic E-state index is 0.127. The van der Waals surface area contributed by atoms with Crippen LogP contribution in [-0.4, -0.2) is 18.4 Å². The Balaban J connectivity index is 1.96. The zero-order valence-electron chi connectivity index (χ0n) is 14.6. The fourth-order valence-corrected chi connectivity index (χ4v) is 3.48. The van der Waals surface area contributed by atoms with E-state index < -0.39 is 0 Å². The van der Waals surface area contributed by atoms with Crippen molar-refractivity contribution in [1.82, 2.24) is 0 Å². The van der Waals surface area contributed by atoms with Gasteiger partial charge in [0.2, 0.25) is 5.78 Å². The summed E-state index contributed by atoms with van der Waals surface area (Å²) in [4.78, 5) is 24.5. The highest BCUT2D eigenvalue weighted by molar-refractivity contribution is 14.1. The number of carbonyl (C=O) groups is 2. The minimum Gasteiger partial charge on any atom is -0.457 e. The van der Waals surface area contributed by atoms with Crippen LogP contribution < -0.4 is 3.07 Å². The Labute approximate surface area is 158 Å². The molecule has 132 valence electrons. The standard InChI is InChI=1S/C19H25IO4/c1-12(2)7-8-13(3)19(22)23-11-17(21)15-9-10-18(24-20)16-6-4-5-14(15)16/h9-10,12-13H,4-8,11H2,1-3H3. The Morgan fingerprint density at radius 2 is 1.83 bits per heavy atom. The van der Waals surface area contributed by atoms with Gasteiger partial charge in [-0.25, -0.2) is 0 Å². The van der Waals surface area contributed by atoms with E-state index in [0.29, 0.717) is 11.5 Å². The molecule has 1 aliphatic carbocycles. The van der Waals surface area contributed by atoms with Crippen LogP contribution in [0.3, 0.4) is 0 Å². The van der Waals surface area contributed by atoms with Crippen molar-refractivity contribution in [2.45, 2.75) is 52.9 Å². The Morgan fingerprint density at radius 3 is 2.50 bits per heavy atom. The molecule has 0 N–H and O–H groups in total. The van der Waals surface area contributed by atoms with Gasteiger partial charge in [-0.15, -0.1) is 0 Å². The lowest BCUT2D eigenvalue weighted by atomic mass is 9.99. The molecule has 0 radical (unpaired) electrons. The van der Waals surface area contributed by atoms with E-state index in [0.717, 1.165) is 49.0 Å². The lowest BCUT2D eigenvalue weighted by molar-refractivity contribution is -0.147. The van der Waals surface area contributed by atoms with Crippen LogP contribution in [0, 0.1) is 11.8 Å². The fraction of sp³-hybridized carbons (Fsp3) is 0.579. The third-order valence-electron chi connectivity index (χ3n) is 4.55. The highest BCUT2D eigenvalue weighted by Gasteiger charge is 2.24. The molecular weight excluding hydrogens is 419 g/mol. The number of benzene rings is 1. The average Bonchev–Trinajstić information content (AvgIpc) is 3.05. The smallest absolute Gasteiger partial charge is 0.309 e. The molecule has 0 bridgehead atoms. The van der Waals surface area contributed by atoms with E-state index in [2.05, 4.69) is 13.8 Å². The number of fused-ring (bicyclic) bond motifs is 1. The zero-order valence-corrected chi connectivity index (χ0v) is 16.7. The molecule has 0 heterocycles. The quantitative estimate of drug-likeness (QED) is 0.331. The van der Waals surface area contributed by atoms with Gasteiger partial charge in [0.15, 0.2) is 29.6 Å². The molecule has 1 atom stereocenters. The van der Waals surface area contributed by atoms with Crippen LogP contribution in [-0.2, 0) is 22.4 Å². The SMILES string of the molecule is CC(C)CCC(C)C(=O)OCC(=O)c1ccc(OI)c2c1CCC2. The summed E-state index contributed by atoms with van der Waals surface area (Å²) >= 11 is 1.87. The van der Waals surface area contributed by atoms with Crippen molar-refractivity contribution in [2.75, 3.05) is 6.61 Å². The Hall–Kier alpha value is -1.11. The largest absolute Gasteiger partial charge is 0.457 e. The topological polar surface area (TPSA) is 52.6 Å². The molecule has 2 rings (SSSR count). The van der Waals surface area contributed by atoms with E-state index in [-0.39, 0.29) is 24.3 Å². The molecule has 0 amide bonds. The first kappa shape index (κ1) is 19.2. The first-order chi connectivity index (χ1) is 11.4. The summed E-state index contributed by atoms with van der Waals surface area (Å²) < 4.78 is 10.6. The predicted octanol–water partition coefficient (Wildman–Crippen LogP) is 4.70. The van der Waals surface area contributed by atoms with E-state index in [4.69, 9.17) is 7.80 Å². The van der Waals surface area contributed by atoms with Crippen molar-refractivity contribution >= 4 is 34.8 Å². The maximum absolute atomic E-state index is 12.5. The second-order valence-electron chi connectivity index (χ2n) is 6.90. The van der Waals surface area contributed by atoms with Gasteiger partial charge >= 0.3 is 5.97 Å². The van der Waals surface area contributed by atoms with Crippen LogP contribution in [0.2, 0.25) is 0 Å². The van der Waals surface area contributed by atoms with Crippen molar-refractivity contribution in [2.24, 2.45) is 11.8 Å². The molecule has 0 aromatic heterocycles. The van der Waals surface area contributed by atoms with E-state index >= 15 is 0 Å². The summed E-state index contributed by atoms with van der Waals surface area (Å²) in [7, 11) is 0. The number of ether oxygens (including phenoxy) is 1.